The molecule has 2 aromatic rings. The van der Waals surface area contributed by atoms with Crippen molar-refractivity contribution < 1.29 is 0 Å². The van der Waals surface area contributed by atoms with E-state index in [0.29, 0.717) is 21.4 Å². The number of benzene rings is 1. The van der Waals surface area contributed by atoms with Gasteiger partial charge in [0.25, 0.3) is 0 Å². The lowest BCUT2D eigenvalue weighted by atomic mass is 10.1. The Balaban J connectivity index is 2.67. The zero-order chi connectivity index (χ0) is 13.8. The van der Waals surface area contributed by atoms with E-state index >= 15 is 0 Å². The number of anilines is 1. The van der Waals surface area contributed by atoms with Gasteiger partial charge in [0.1, 0.15) is 17.5 Å². The normalized spacial score (nSPS) is 10.2. The van der Waals surface area contributed by atoms with Crippen LogP contribution in [0.5, 0.6) is 0 Å². The molecule has 0 fully saturated rings. The summed E-state index contributed by atoms with van der Waals surface area (Å²) in [5, 5.41) is 10.3. The number of thioether (sulfide) groups is 1. The quantitative estimate of drug-likeness (QED) is 0.693. The molecule has 0 aliphatic carbocycles. The molecule has 0 atom stereocenters. The number of nitriles is 1. The Bertz CT molecular complexity index is 652. The molecule has 0 spiro atoms. The monoisotopic (exact) mass is 290 g/mol. The van der Waals surface area contributed by atoms with Crippen LogP contribution in [0.15, 0.2) is 29.4 Å². The smallest absolute Gasteiger partial charge is 0.190 e. The Morgan fingerprint density at radius 1 is 1.37 bits per heavy atom. The number of nitrogens with two attached hydrogens (primary N) is 1. The highest BCUT2D eigenvalue weighted by Gasteiger charge is 2.16. The van der Waals surface area contributed by atoms with Crippen LogP contribution in [0.2, 0.25) is 5.02 Å². The number of halogens is 1. The Kier molecular flexibility index (Phi) is 4.25. The minimum atomic E-state index is 0.184. The first-order chi connectivity index (χ1) is 9.17. The summed E-state index contributed by atoms with van der Waals surface area (Å²) >= 11 is 7.62. The molecule has 0 saturated heterocycles. The lowest BCUT2D eigenvalue weighted by Crippen LogP contribution is -2.02. The van der Waals surface area contributed by atoms with Gasteiger partial charge in [-0.2, -0.15) is 5.26 Å². The average Bonchev–Trinajstić information content (AvgIpc) is 2.39. The molecule has 0 unspecified atom stereocenters. The highest BCUT2D eigenvalue weighted by atomic mass is 35.5. The highest BCUT2D eigenvalue weighted by molar-refractivity contribution is 7.99. The molecule has 0 aliphatic rings. The van der Waals surface area contributed by atoms with E-state index in [4.69, 9.17) is 17.3 Å². The van der Waals surface area contributed by atoms with Crippen molar-refractivity contribution in [3.05, 3.63) is 34.9 Å². The van der Waals surface area contributed by atoms with Crippen LogP contribution >= 0.6 is 23.4 Å². The molecule has 2 N–H and O–H groups in total. The van der Waals surface area contributed by atoms with Gasteiger partial charge in [-0.15, -0.1) is 0 Å². The van der Waals surface area contributed by atoms with Crippen LogP contribution < -0.4 is 5.73 Å². The molecular formula is C13H11ClN4S. The maximum absolute atomic E-state index is 9.21. The third-order valence-electron chi connectivity index (χ3n) is 2.43. The predicted octanol–water partition coefficient (Wildman–Crippen LogP) is 3.36. The minimum absolute atomic E-state index is 0.184. The largest absolute Gasteiger partial charge is 0.382 e. The molecule has 1 aromatic heterocycles. The second kappa shape index (κ2) is 5.91. The molecule has 0 saturated carbocycles. The van der Waals surface area contributed by atoms with Crippen LogP contribution in [0.25, 0.3) is 11.3 Å². The number of hydrogen-bond acceptors (Lipinski definition) is 5. The molecule has 0 aliphatic heterocycles. The van der Waals surface area contributed by atoms with E-state index < -0.39 is 0 Å². The number of nitrogens with zero attached hydrogens (tertiary/aromatic N) is 3. The molecule has 6 heteroatoms. The van der Waals surface area contributed by atoms with E-state index in [1.165, 1.54) is 11.8 Å². The van der Waals surface area contributed by atoms with Gasteiger partial charge < -0.3 is 5.73 Å². The van der Waals surface area contributed by atoms with Crippen LogP contribution in [0.1, 0.15) is 12.5 Å². The molecule has 0 amide bonds. The number of aromatic nitrogens is 2. The molecular weight excluding hydrogens is 280 g/mol. The lowest BCUT2D eigenvalue weighted by Gasteiger charge is -2.09. The summed E-state index contributed by atoms with van der Waals surface area (Å²) in [6, 6.07) is 9.27. The minimum Gasteiger partial charge on any atom is -0.382 e. The molecule has 2 rings (SSSR count). The molecule has 96 valence electrons. The summed E-state index contributed by atoms with van der Waals surface area (Å²) in [6.07, 6.45) is 0. The fraction of sp³-hybridized carbons (Fsp3) is 0.154. The first kappa shape index (κ1) is 13.7. The van der Waals surface area contributed by atoms with E-state index in [0.717, 1.165) is 5.75 Å². The summed E-state index contributed by atoms with van der Waals surface area (Å²) < 4.78 is 0. The topological polar surface area (TPSA) is 75.6 Å². The number of hydrogen-bond donors (Lipinski definition) is 1. The Morgan fingerprint density at radius 2 is 2.11 bits per heavy atom. The van der Waals surface area contributed by atoms with E-state index in [-0.39, 0.29) is 11.4 Å². The van der Waals surface area contributed by atoms with Gasteiger partial charge in [-0.05, 0) is 11.8 Å². The Labute approximate surface area is 120 Å². The van der Waals surface area contributed by atoms with Crippen molar-refractivity contribution in [1.82, 2.24) is 9.97 Å². The standard InChI is InChI=1S/C13H11ClN4S/c1-2-19-13-17-11(9(7-15)12(16)18-13)8-5-3-4-6-10(8)14/h3-6H,2H2,1H3,(H2,16,17,18). The molecule has 0 radical (unpaired) electrons. The SMILES string of the molecule is CCSc1nc(N)c(C#N)c(-c2ccccc2Cl)n1. The molecule has 1 heterocycles. The number of nitrogen functional groups attached to an aromatic ring is 1. The van der Waals surface area contributed by atoms with Gasteiger partial charge in [0.15, 0.2) is 5.16 Å². The summed E-state index contributed by atoms with van der Waals surface area (Å²) in [4.78, 5) is 8.50. The van der Waals surface area contributed by atoms with Crippen molar-refractivity contribution in [1.29, 1.82) is 5.26 Å². The van der Waals surface area contributed by atoms with Crippen molar-refractivity contribution in [3.63, 3.8) is 0 Å². The van der Waals surface area contributed by atoms with Gasteiger partial charge >= 0.3 is 0 Å². The third kappa shape index (κ3) is 2.80. The van der Waals surface area contributed by atoms with Crippen LogP contribution in [0.3, 0.4) is 0 Å². The molecule has 0 bridgehead atoms. The van der Waals surface area contributed by atoms with Crippen molar-refractivity contribution in [3.8, 4) is 17.3 Å². The summed E-state index contributed by atoms with van der Waals surface area (Å²) in [6.45, 7) is 2.00. The fourth-order valence-electron chi connectivity index (χ4n) is 1.61. The van der Waals surface area contributed by atoms with E-state index in [1.807, 2.05) is 31.2 Å². The van der Waals surface area contributed by atoms with Crippen molar-refractivity contribution >= 4 is 29.2 Å². The van der Waals surface area contributed by atoms with Gasteiger partial charge in [0, 0.05) is 5.56 Å². The summed E-state index contributed by atoms with van der Waals surface area (Å²) in [5.41, 5.74) is 7.25. The first-order valence-corrected chi connectivity index (χ1v) is 6.99. The van der Waals surface area contributed by atoms with E-state index in [2.05, 4.69) is 9.97 Å². The zero-order valence-electron chi connectivity index (χ0n) is 10.2. The predicted molar refractivity (Wildman–Crippen MR) is 78.0 cm³/mol. The lowest BCUT2D eigenvalue weighted by molar-refractivity contribution is 0.976. The average molecular weight is 291 g/mol. The maximum Gasteiger partial charge on any atom is 0.190 e. The third-order valence-corrected chi connectivity index (χ3v) is 3.49. The summed E-state index contributed by atoms with van der Waals surface area (Å²) in [7, 11) is 0. The number of rotatable bonds is 3. The zero-order valence-corrected chi connectivity index (χ0v) is 11.8. The maximum atomic E-state index is 9.21. The van der Waals surface area contributed by atoms with Gasteiger partial charge in [-0.3, -0.25) is 0 Å². The Hall–Kier alpha value is -1.77. The van der Waals surface area contributed by atoms with Crippen LogP contribution in [-0.2, 0) is 0 Å². The first-order valence-electron chi connectivity index (χ1n) is 5.62. The summed E-state index contributed by atoms with van der Waals surface area (Å²) in [5.74, 6) is 1.01. The van der Waals surface area contributed by atoms with Crippen molar-refractivity contribution in [2.24, 2.45) is 0 Å². The van der Waals surface area contributed by atoms with Crippen molar-refractivity contribution in [2.45, 2.75) is 12.1 Å². The van der Waals surface area contributed by atoms with Gasteiger partial charge in [0.2, 0.25) is 0 Å². The van der Waals surface area contributed by atoms with E-state index in [9.17, 15) is 5.26 Å². The Morgan fingerprint density at radius 3 is 2.74 bits per heavy atom. The van der Waals surface area contributed by atoms with E-state index in [1.54, 1.807) is 6.07 Å². The van der Waals surface area contributed by atoms with Crippen LogP contribution in [0.4, 0.5) is 5.82 Å². The molecule has 19 heavy (non-hydrogen) atoms. The fourth-order valence-corrected chi connectivity index (χ4v) is 2.41. The van der Waals surface area contributed by atoms with Crippen LogP contribution in [-0.4, -0.2) is 15.7 Å². The second-order valence-corrected chi connectivity index (χ2v) is 5.28. The molecule has 1 aromatic carbocycles. The van der Waals surface area contributed by atoms with Gasteiger partial charge in [0.05, 0.1) is 10.7 Å². The van der Waals surface area contributed by atoms with Gasteiger partial charge in [-0.1, -0.05) is 48.5 Å². The van der Waals surface area contributed by atoms with Gasteiger partial charge in [-0.25, -0.2) is 9.97 Å². The highest BCUT2D eigenvalue weighted by Crippen LogP contribution is 2.31. The van der Waals surface area contributed by atoms with Crippen LogP contribution in [0, 0.1) is 11.3 Å². The molecule has 4 nitrogen and oxygen atoms in total. The second-order valence-electron chi connectivity index (χ2n) is 3.64. The van der Waals surface area contributed by atoms with Crippen molar-refractivity contribution in [2.75, 3.05) is 11.5 Å².